The summed E-state index contributed by atoms with van der Waals surface area (Å²) >= 11 is 0. The predicted octanol–water partition coefficient (Wildman–Crippen LogP) is 2.42. The van der Waals surface area contributed by atoms with Gasteiger partial charge in [0.15, 0.2) is 0 Å². The Balaban J connectivity index is 1.88. The van der Waals surface area contributed by atoms with Crippen LogP contribution in [-0.2, 0) is 7.05 Å². The molecule has 2 unspecified atom stereocenters. The summed E-state index contributed by atoms with van der Waals surface area (Å²) in [4.78, 5) is 2.58. The summed E-state index contributed by atoms with van der Waals surface area (Å²) in [6, 6.07) is 1.07. The van der Waals surface area contributed by atoms with Gasteiger partial charge in [-0.2, -0.15) is 5.10 Å². The largest absolute Gasteiger partial charge is 0.310 e. The van der Waals surface area contributed by atoms with E-state index < -0.39 is 0 Å². The van der Waals surface area contributed by atoms with Gasteiger partial charge in [0.25, 0.3) is 0 Å². The molecular formula is C16H30N4. The molecule has 0 aliphatic carbocycles. The zero-order chi connectivity index (χ0) is 14.9. The second-order valence-electron chi connectivity index (χ2n) is 6.58. The lowest BCUT2D eigenvalue weighted by atomic mass is 10.0. The van der Waals surface area contributed by atoms with E-state index >= 15 is 0 Å². The Kier molecular flexibility index (Phi) is 4.86. The third kappa shape index (κ3) is 3.23. The first-order chi connectivity index (χ1) is 9.40. The van der Waals surface area contributed by atoms with Crippen molar-refractivity contribution in [3.63, 3.8) is 0 Å². The van der Waals surface area contributed by atoms with Crippen LogP contribution < -0.4 is 5.32 Å². The van der Waals surface area contributed by atoms with Crippen molar-refractivity contribution in [1.82, 2.24) is 20.0 Å². The van der Waals surface area contributed by atoms with E-state index in [1.165, 1.54) is 30.8 Å². The SMILES string of the molecule is Cc1nn(C)c(C)c1C(C)NCC1CCN(C(C)C)C1. The minimum Gasteiger partial charge on any atom is -0.310 e. The molecule has 1 aliphatic heterocycles. The smallest absolute Gasteiger partial charge is 0.0644 e. The molecule has 1 aliphatic rings. The van der Waals surface area contributed by atoms with Crippen molar-refractivity contribution in [3.8, 4) is 0 Å². The lowest BCUT2D eigenvalue weighted by Gasteiger charge is -2.21. The van der Waals surface area contributed by atoms with Crippen LogP contribution >= 0.6 is 0 Å². The number of aryl methyl sites for hydroxylation is 2. The minimum absolute atomic E-state index is 0.386. The average molecular weight is 278 g/mol. The minimum atomic E-state index is 0.386. The fraction of sp³-hybridized carbons (Fsp3) is 0.812. The Bertz CT molecular complexity index is 450. The summed E-state index contributed by atoms with van der Waals surface area (Å²) in [5.74, 6) is 0.789. The van der Waals surface area contributed by atoms with E-state index in [-0.39, 0.29) is 0 Å². The summed E-state index contributed by atoms with van der Waals surface area (Å²) < 4.78 is 1.99. The lowest BCUT2D eigenvalue weighted by Crippen LogP contribution is -2.31. The quantitative estimate of drug-likeness (QED) is 0.898. The standard InChI is InChI=1S/C16H30N4/c1-11(2)20-8-7-15(10-20)9-17-12(3)16-13(4)18-19(6)14(16)5/h11-12,15,17H,7-10H2,1-6H3. The van der Waals surface area contributed by atoms with E-state index in [1.807, 2.05) is 11.7 Å². The highest BCUT2D eigenvalue weighted by Crippen LogP contribution is 2.22. The average Bonchev–Trinajstić information content (AvgIpc) is 2.93. The van der Waals surface area contributed by atoms with Gasteiger partial charge in [-0.25, -0.2) is 0 Å². The molecule has 2 heterocycles. The Morgan fingerprint density at radius 3 is 2.50 bits per heavy atom. The van der Waals surface area contributed by atoms with Crippen LogP contribution in [0.4, 0.5) is 0 Å². The van der Waals surface area contributed by atoms with E-state index in [1.54, 1.807) is 0 Å². The molecule has 0 spiro atoms. The van der Waals surface area contributed by atoms with Crippen molar-refractivity contribution in [2.45, 2.75) is 53.1 Å². The second-order valence-corrected chi connectivity index (χ2v) is 6.58. The summed E-state index contributed by atoms with van der Waals surface area (Å²) in [5, 5.41) is 8.23. The van der Waals surface area contributed by atoms with Crippen LogP contribution in [0, 0.1) is 19.8 Å². The summed E-state index contributed by atoms with van der Waals surface area (Å²) in [6.07, 6.45) is 1.32. The van der Waals surface area contributed by atoms with E-state index in [0.717, 1.165) is 18.2 Å². The number of nitrogens with one attached hydrogen (secondary N) is 1. The number of nitrogens with zero attached hydrogens (tertiary/aromatic N) is 3. The van der Waals surface area contributed by atoms with Crippen LogP contribution in [0.2, 0.25) is 0 Å². The molecule has 0 aromatic carbocycles. The zero-order valence-electron chi connectivity index (χ0n) is 13.9. The van der Waals surface area contributed by atoms with Gasteiger partial charge in [0.05, 0.1) is 5.69 Å². The fourth-order valence-corrected chi connectivity index (χ4v) is 3.36. The summed E-state index contributed by atoms with van der Waals surface area (Å²) in [5.41, 5.74) is 3.80. The highest BCUT2D eigenvalue weighted by Gasteiger charge is 2.25. The molecule has 0 radical (unpaired) electrons. The van der Waals surface area contributed by atoms with Gasteiger partial charge in [-0.3, -0.25) is 4.68 Å². The Morgan fingerprint density at radius 2 is 2.00 bits per heavy atom. The molecule has 4 heteroatoms. The van der Waals surface area contributed by atoms with Crippen molar-refractivity contribution in [2.75, 3.05) is 19.6 Å². The van der Waals surface area contributed by atoms with Crippen molar-refractivity contribution >= 4 is 0 Å². The predicted molar refractivity (Wildman–Crippen MR) is 83.9 cm³/mol. The highest BCUT2D eigenvalue weighted by molar-refractivity contribution is 5.27. The number of aromatic nitrogens is 2. The van der Waals surface area contributed by atoms with Gasteiger partial charge in [-0.05, 0) is 60.0 Å². The molecule has 2 atom stereocenters. The maximum Gasteiger partial charge on any atom is 0.0644 e. The van der Waals surface area contributed by atoms with Crippen LogP contribution in [0.15, 0.2) is 0 Å². The third-order valence-electron chi connectivity index (χ3n) is 4.76. The topological polar surface area (TPSA) is 33.1 Å². The number of hydrogen-bond acceptors (Lipinski definition) is 3. The molecule has 0 amide bonds. The molecule has 20 heavy (non-hydrogen) atoms. The molecule has 1 saturated heterocycles. The second kappa shape index (κ2) is 6.27. The van der Waals surface area contributed by atoms with Crippen molar-refractivity contribution < 1.29 is 0 Å². The van der Waals surface area contributed by atoms with E-state index in [2.05, 4.69) is 49.9 Å². The molecule has 4 nitrogen and oxygen atoms in total. The normalized spacial score (nSPS) is 21.9. The van der Waals surface area contributed by atoms with Crippen molar-refractivity contribution in [3.05, 3.63) is 17.0 Å². The first-order valence-electron chi connectivity index (χ1n) is 7.87. The monoisotopic (exact) mass is 278 g/mol. The van der Waals surface area contributed by atoms with E-state index in [9.17, 15) is 0 Å². The lowest BCUT2D eigenvalue weighted by molar-refractivity contribution is 0.263. The first kappa shape index (κ1) is 15.5. The molecule has 0 saturated carbocycles. The Hall–Kier alpha value is -0.870. The number of likely N-dealkylation sites (tertiary alicyclic amines) is 1. The molecule has 1 N–H and O–H groups in total. The molecule has 2 rings (SSSR count). The highest BCUT2D eigenvalue weighted by atomic mass is 15.3. The Morgan fingerprint density at radius 1 is 1.30 bits per heavy atom. The van der Waals surface area contributed by atoms with Crippen LogP contribution in [0.1, 0.15) is 50.2 Å². The van der Waals surface area contributed by atoms with Gasteiger partial charge < -0.3 is 10.2 Å². The maximum absolute atomic E-state index is 4.52. The van der Waals surface area contributed by atoms with Crippen LogP contribution in [0.25, 0.3) is 0 Å². The molecular weight excluding hydrogens is 248 g/mol. The van der Waals surface area contributed by atoms with Gasteiger partial charge >= 0.3 is 0 Å². The van der Waals surface area contributed by atoms with Crippen LogP contribution in [-0.4, -0.2) is 40.4 Å². The third-order valence-corrected chi connectivity index (χ3v) is 4.76. The van der Waals surface area contributed by atoms with Crippen LogP contribution in [0.5, 0.6) is 0 Å². The fourth-order valence-electron chi connectivity index (χ4n) is 3.36. The van der Waals surface area contributed by atoms with Crippen molar-refractivity contribution in [1.29, 1.82) is 0 Å². The Labute approximate surface area is 123 Å². The maximum atomic E-state index is 4.52. The van der Waals surface area contributed by atoms with E-state index in [0.29, 0.717) is 12.1 Å². The molecule has 114 valence electrons. The van der Waals surface area contributed by atoms with Gasteiger partial charge in [0.1, 0.15) is 0 Å². The van der Waals surface area contributed by atoms with Gasteiger partial charge in [0, 0.05) is 36.9 Å². The first-order valence-corrected chi connectivity index (χ1v) is 7.87. The van der Waals surface area contributed by atoms with Crippen LogP contribution in [0.3, 0.4) is 0 Å². The molecule has 0 bridgehead atoms. The number of rotatable bonds is 5. The zero-order valence-corrected chi connectivity index (χ0v) is 13.9. The van der Waals surface area contributed by atoms with E-state index in [4.69, 9.17) is 0 Å². The summed E-state index contributed by atoms with van der Waals surface area (Å²) in [7, 11) is 2.02. The summed E-state index contributed by atoms with van der Waals surface area (Å²) in [6.45, 7) is 14.7. The molecule has 1 aromatic heterocycles. The molecule has 1 aromatic rings. The van der Waals surface area contributed by atoms with Gasteiger partial charge in [0.2, 0.25) is 0 Å². The number of hydrogen-bond donors (Lipinski definition) is 1. The van der Waals surface area contributed by atoms with Gasteiger partial charge in [-0.15, -0.1) is 0 Å². The van der Waals surface area contributed by atoms with Gasteiger partial charge in [-0.1, -0.05) is 0 Å². The van der Waals surface area contributed by atoms with Crippen molar-refractivity contribution in [2.24, 2.45) is 13.0 Å². The molecule has 1 fully saturated rings.